The Morgan fingerprint density at radius 2 is 1.79 bits per heavy atom. The molecule has 0 aliphatic carbocycles. The molecule has 0 saturated heterocycles. The molecule has 0 unspecified atom stereocenters. The lowest BCUT2D eigenvalue weighted by Gasteiger charge is -2.09. The van der Waals surface area contributed by atoms with Gasteiger partial charge in [-0.2, -0.15) is 0 Å². The van der Waals surface area contributed by atoms with E-state index >= 15 is 0 Å². The quantitative estimate of drug-likeness (QED) is 0.644. The van der Waals surface area contributed by atoms with Crippen LogP contribution in [0.1, 0.15) is 16.1 Å². The Labute approximate surface area is 152 Å². The SMILES string of the molecule is O=C(O)c1csc(-c2ccc(OCc3c(Cl)cccc3Cl)cc2)n1. The number of hydrogen-bond donors (Lipinski definition) is 1. The van der Waals surface area contributed by atoms with E-state index in [2.05, 4.69) is 4.98 Å². The second-order valence-corrected chi connectivity index (χ2v) is 6.53. The maximum Gasteiger partial charge on any atom is 0.355 e. The number of rotatable bonds is 5. The van der Waals surface area contributed by atoms with E-state index in [-0.39, 0.29) is 12.3 Å². The fourth-order valence-corrected chi connectivity index (χ4v) is 3.33. The number of ether oxygens (including phenoxy) is 1. The van der Waals surface area contributed by atoms with Crippen LogP contribution in [0.25, 0.3) is 10.6 Å². The Bertz CT molecular complexity index is 858. The number of carboxylic acid groups (broad SMARTS) is 1. The van der Waals surface area contributed by atoms with Crippen molar-refractivity contribution in [3.05, 3.63) is 69.1 Å². The summed E-state index contributed by atoms with van der Waals surface area (Å²) >= 11 is 13.5. The van der Waals surface area contributed by atoms with Gasteiger partial charge in [0, 0.05) is 26.6 Å². The number of aromatic carboxylic acids is 1. The van der Waals surface area contributed by atoms with E-state index < -0.39 is 5.97 Å². The van der Waals surface area contributed by atoms with Gasteiger partial charge in [-0.1, -0.05) is 29.3 Å². The molecule has 0 saturated carbocycles. The van der Waals surface area contributed by atoms with Crippen LogP contribution in [-0.4, -0.2) is 16.1 Å². The molecule has 24 heavy (non-hydrogen) atoms. The maximum atomic E-state index is 10.9. The smallest absolute Gasteiger partial charge is 0.355 e. The zero-order chi connectivity index (χ0) is 17.1. The van der Waals surface area contributed by atoms with Gasteiger partial charge in [-0.15, -0.1) is 11.3 Å². The largest absolute Gasteiger partial charge is 0.489 e. The van der Waals surface area contributed by atoms with Crippen LogP contribution >= 0.6 is 34.5 Å². The normalized spacial score (nSPS) is 10.6. The van der Waals surface area contributed by atoms with Gasteiger partial charge in [0.2, 0.25) is 0 Å². The van der Waals surface area contributed by atoms with E-state index in [1.54, 1.807) is 30.3 Å². The number of thiazole rings is 1. The van der Waals surface area contributed by atoms with Gasteiger partial charge in [0.15, 0.2) is 5.69 Å². The summed E-state index contributed by atoms with van der Waals surface area (Å²) in [6, 6.07) is 12.5. The van der Waals surface area contributed by atoms with Gasteiger partial charge in [-0.3, -0.25) is 0 Å². The molecular formula is C17H11Cl2NO3S. The molecule has 0 aliphatic heterocycles. The fourth-order valence-electron chi connectivity index (χ4n) is 2.02. The topological polar surface area (TPSA) is 59.4 Å². The summed E-state index contributed by atoms with van der Waals surface area (Å²) in [4.78, 5) is 14.9. The molecule has 0 fully saturated rings. The van der Waals surface area contributed by atoms with Crippen LogP contribution in [-0.2, 0) is 6.61 Å². The minimum atomic E-state index is -1.03. The second-order valence-electron chi connectivity index (χ2n) is 4.86. The third-order valence-electron chi connectivity index (χ3n) is 3.27. The molecule has 2 aromatic carbocycles. The summed E-state index contributed by atoms with van der Waals surface area (Å²) in [5, 5.41) is 12.2. The van der Waals surface area contributed by atoms with Crippen LogP contribution < -0.4 is 4.74 Å². The first-order valence-electron chi connectivity index (χ1n) is 6.89. The molecule has 0 spiro atoms. The molecule has 122 valence electrons. The highest BCUT2D eigenvalue weighted by molar-refractivity contribution is 7.13. The van der Waals surface area contributed by atoms with Gasteiger partial charge in [-0.25, -0.2) is 9.78 Å². The number of carbonyl (C=O) groups is 1. The van der Waals surface area contributed by atoms with Crippen LogP contribution in [0.4, 0.5) is 0 Å². The van der Waals surface area contributed by atoms with Gasteiger partial charge < -0.3 is 9.84 Å². The van der Waals surface area contributed by atoms with Gasteiger partial charge >= 0.3 is 5.97 Å². The molecule has 1 N–H and O–H groups in total. The van der Waals surface area contributed by atoms with Gasteiger partial charge in [0.05, 0.1) is 0 Å². The van der Waals surface area contributed by atoms with E-state index in [4.69, 9.17) is 33.0 Å². The van der Waals surface area contributed by atoms with Crippen molar-refractivity contribution >= 4 is 40.5 Å². The highest BCUT2D eigenvalue weighted by Crippen LogP contribution is 2.28. The van der Waals surface area contributed by atoms with Crippen molar-refractivity contribution in [3.8, 4) is 16.3 Å². The van der Waals surface area contributed by atoms with Crippen LogP contribution in [0.3, 0.4) is 0 Å². The first kappa shape index (κ1) is 16.8. The molecule has 0 aliphatic rings. The summed E-state index contributed by atoms with van der Waals surface area (Å²) in [6.45, 7) is 0.262. The number of aromatic nitrogens is 1. The zero-order valence-electron chi connectivity index (χ0n) is 12.2. The van der Waals surface area contributed by atoms with Crippen molar-refractivity contribution in [2.45, 2.75) is 6.61 Å². The Morgan fingerprint density at radius 3 is 2.38 bits per heavy atom. The number of benzene rings is 2. The summed E-state index contributed by atoms with van der Waals surface area (Å²) in [5.41, 5.74) is 1.61. The van der Waals surface area contributed by atoms with Crippen molar-refractivity contribution in [2.75, 3.05) is 0 Å². The molecule has 0 bridgehead atoms. The third kappa shape index (κ3) is 3.70. The van der Waals surface area contributed by atoms with E-state index in [0.717, 1.165) is 11.1 Å². The first-order chi connectivity index (χ1) is 11.5. The summed E-state index contributed by atoms with van der Waals surface area (Å²) in [5.74, 6) is -0.376. The Hall–Kier alpha value is -2.08. The lowest BCUT2D eigenvalue weighted by Crippen LogP contribution is -1.97. The molecule has 3 rings (SSSR count). The van der Waals surface area contributed by atoms with Crippen LogP contribution in [0.5, 0.6) is 5.75 Å². The van der Waals surface area contributed by atoms with Crippen molar-refractivity contribution in [2.24, 2.45) is 0 Å². The van der Waals surface area contributed by atoms with Crippen LogP contribution in [0.2, 0.25) is 10.0 Å². The predicted molar refractivity (Wildman–Crippen MR) is 95.3 cm³/mol. The minimum absolute atomic E-state index is 0.0451. The molecule has 1 aromatic heterocycles. The van der Waals surface area contributed by atoms with E-state index in [1.165, 1.54) is 16.7 Å². The van der Waals surface area contributed by atoms with Gasteiger partial charge in [-0.05, 0) is 36.4 Å². The van der Waals surface area contributed by atoms with Crippen molar-refractivity contribution in [1.82, 2.24) is 4.98 Å². The van der Waals surface area contributed by atoms with Crippen molar-refractivity contribution in [1.29, 1.82) is 0 Å². The summed E-state index contributed by atoms with van der Waals surface area (Å²) in [6.07, 6.45) is 0. The van der Waals surface area contributed by atoms with E-state index in [0.29, 0.717) is 20.8 Å². The highest BCUT2D eigenvalue weighted by Gasteiger charge is 2.10. The lowest BCUT2D eigenvalue weighted by atomic mass is 10.2. The van der Waals surface area contributed by atoms with E-state index in [9.17, 15) is 4.79 Å². The maximum absolute atomic E-state index is 10.9. The summed E-state index contributed by atoms with van der Waals surface area (Å²) in [7, 11) is 0. The Balaban J connectivity index is 1.71. The van der Waals surface area contributed by atoms with E-state index in [1.807, 2.05) is 12.1 Å². The molecular weight excluding hydrogens is 369 g/mol. The zero-order valence-corrected chi connectivity index (χ0v) is 14.5. The first-order valence-corrected chi connectivity index (χ1v) is 8.53. The van der Waals surface area contributed by atoms with Crippen LogP contribution in [0, 0.1) is 0 Å². The molecule has 7 heteroatoms. The number of halogens is 2. The summed E-state index contributed by atoms with van der Waals surface area (Å²) < 4.78 is 5.71. The lowest BCUT2D eigenvalue weighted by molar-refractivity contribution is 0.0691. The number of hydrogen-bond acceptors (Lipinski definition) is 4. The van der Waals surface area contributed by atoms with Gasteiger partial charge in [0.1, 0.15) is 17.4 Å². The van der Waals surface area contributed by atoms with Crippen molar-refractivity contribution in [3.63, 3.8) is 0 Å². The fraction of sp³-hybridized carbons (Fsp3) is 0.0588. The number of nitrogens with zero attached hydrogens (tertiary/aromatic N) is 1. The predicted octanol–water partition coefficient (Wildman–Crippen LogP) is 5.39. The molecule has 0 radical (unpaired) electrons. The molecule has 0 atom stereocenters. The molecule has 1 heterocycles. The molecule has 0 amide bonds. The monoisotopic (exact) mass is 379 g/mol. The minimum Gasteiger partial charge on any atom is -0.489 e. The highest BCUT2D eigenvalue weighted by atomic mass is 35.5. The Morgan fingerprint density at radius 1 is 1.12 bits per heavy atom. The Kier molecular flexibility index (Phi) is 5.04. The third-order valence-corrected chi connectivity index (χ3v) is 4.87. The van der Waals surface area contributed by atoms with Gasteiger partial charge in [0.25, 0.3) is 0 Å². The average Bonchev–Trinajstić information content (AvgIpc) is 3.05. The van der Waals surface area contributed by atoms with Crippen LogP contribution in [0.15, 0.2) is 47.8 Å². The molecule has 3 aromatic rings. The van der Waals surface area contributed by atoms with Crippen molar-refractivity contribution < 1.29 is 14.6 Å². The second kappa shape index (κ2) is 7.21. The molecule has 4 nitrogen and oxygen atoms in total. The number of carboxylic acids is 1. The average molecular weight is 380 g/mol. The standard InChI is InChI=1S/C17H11Cl2NO3S/c18-13-2-1-3-14(19)12(13)8-23-11-6-4-10(5-7-11)16-20-15(9-24-16)17(21)22/h1-7,9H,8H2,(H,21,22).